The van der Waals surface area contributed by atoms with E-state index in [1.54, 1.807) is 12.3 Å². The zero-order chi connectivity index (χ0) is 18.5. The molecule has 1 aliphatic heterocycles. The first-order valence-corrected chi connectivity index (χ1v) is 9.03. The van der Waals surface area contributed by atoms with Crippen molar-refractivity contribution in [2.45, 2.75) is 39.8 Å². The zero-order valence-corrected chi connectivity index (χ0v) is 18.3. The minimum absolute atomic E-state index is 0. The predicted octanol–water partition coefficient (Wildman–Crippen LogP) is 3.38. The molecular formula is C19H27FIN5O. The molecule has 0 bridgehead atoms. The van der Waals surface area contributed by atoms with E-state index in [0.717, 1.165) is 42.6 Å². The molecule has 0 radical (unpaired) electrons. The highest BCUT2D eigenvalue weighted by atomic mass is 127. The molecule has 0 amide bonds. The van der Waals surface area contributed by atoms with Crippen molar-refractivity contribution < 1.29 is 8.81 Å². The molecule has 1 saturated heterocycles. The highest BCUT2D eigenvalue weighted by molar-refractivity contribution is 14.0. The van der Waals surface area contributed by atoms with Gasteiger partial charge in [0.05, 0.1) is 6.54 Å². The Hall–Kier alpha value is -1.84. The maximum atomic E-state index is 13.9. The highest BCUT2D eigenvalue weighted by Gasteiger charge is 2.25. The van der Waals surface area contributed by atoms with Crippen LogP contribution < -0.4 is 15.5 Å². The SMILES string of the molecule is CCNC(=NCc1cc(C)oc1C)NC1CCN(c2ncccc2F)C1.I. The summed E-state index contributed by atoms with van der Waals surface area (Å²) < 4.78 is 19.5. The smallest absolute Gasteiger partial charge is 0.191 e. The van der Waals surface area contributed by atoms with Gasteiger partial charge >= 0.3 is 0 Å². The maximum absolute atomic E-state index is 13.9. The summed E-state index contributed by atoms with van der Waals surface area (Å²) in [4.78, 5) is 10.8. The largest absolute Gasteiger partial charge is 0.466 e. The number of guanidine groups is 1. The number of aliphatic imine (C=N–C) groups is 1. The third-order valence-electron chi connectivity index (χ3n) is 4.46. The number of aromatic nitrogens is 1. The molecule has 3 heterocycles. The van der Waals surface area contributed by atoms with Crippen molar-refractivity contribution in [1.82, 2.24) is 15.6 Å². The van der Waals surface area contributed by atoms with Crippen molar-refractivity contribution in [2.24, 2.45) is 4.99 Å². The van der Waals surface area contributed by atoms with Crippen LogP contribution in [-0.4, -0.2) is 36.6 Å². The third kappa shape index (κ3) is 5.57. The van der Waals surface area contributed by atoms with Crippen molar-refractivity contribution in [3.63, 3.8) is 0 Å². The first-order chi connectivity index (χ1) is 12.6. The van der Waals surface area contributed by atoms with Crippen molar-refractivity contribution in [3.05, 3.63) is 47.3 Å². The lowest BCUT2D eigenvalue weighted by atomic mass is 10.2. The predicted molar refractivity (Wildman–Crippen MR) is 116 cm³/mol. The number of rotatable bonds is 5. The van der Waals surface area contributed by atoms with Gasteiger partial charge in [0.25, 0.3) is 0 Å². The van der Waals surface area contributed by atoms with Gasteiger partial charge in [-0.2, -0.15) is 0 Å². The van der Waals surface area contributed by atoms with E-state index in [9.17, 15) is 4.39 Å². The van der Waals surface area contributed by atoms with Gasteiger partial charge in [-0.25, -0.2) is 14.4 Å². The average molecular weight is 487 g/mol. The molecule has 0 aromatic carbocycles. The number of hydrogen-bond acceptors (Lipinski definition) is 4. The molecular weight excluding hydrogens is 460 g/mol. The molecule has 0 aliphatic carbocycles. The molecule has 2 N–H and O–H groups in total. The minimum Gasteiger partial charge on any atom is -0.466 e. The van der Waals surface area contributed by atoms with Crippen LogP contribution in [0.3, 0.4) is 0 Å². The van der Waals surface area contributed by atoms with E-state index in [4.69, 9.17) is 4.42 Å². The lowest BCUT2D eigenvalue weighted by molar-refractivity contribution is 0.501. The monoisotopic (exact) mass is 487 g/mol. The molecule has 1 atom stereocenters. The van der Waals surface area contributed by atoms with Crippen molar-refractivity contribution in [2.75, 3.05) is 24.5 Å². The topological polar surface area (TPSA) is 65.7 Å². The fourth-order valence-corrected chi connectivity index (χ4v) is 3.20. The summed E-state index contributed by atoms with van der Waals surface area (Å²) in [5.41, 5.74) is 1.09. The first-order valence-electron chi connectivity index (χ1n) is 9.03. The second-order valence-corrected chi connectivity index (χ2v) is 6.52. The summed E-state index contributed by atoms with van der Waals surface area (Å²) in [6, 6.07) is 5.27. The summed E-state index contributed by atoms with van der Waals surface area (Å²) in [7, 11) is 0. The number of nitrogens with zero attached hydrogens (tertiary/aromatic N) is 3. The fourth-order valence-electron chi connectivity index (χ4n) is 3.20. The van der Waals surface area contributed by atoms with E-state index < -0.39 is 0 Å². The Labute approximate surface area is 176 Å². The highest BCUT2D eigenvalue weighted by Crippen LogP contribution is 2.21. The Balaban J connectivity index is 0.00000261. The molecule has 1 unspecified atom stereocenters. The quantitative estimate of drug-likeness (QED) is 0.385. The van der Waals surface area contributed by atoms with Crippen LogP contribution in [0.15, 0.2) is 33.8 Å². The average Bonchev–Trinajstić information content (AvgIpc) is 3.19. The molecule has 0 saturated carbocycles. The third-order valence-corrected chi connectivity index (χ3v) is 4.46. The molecule has 2 aromatic rings. The summed E-state index contributed by atoms with van der Waals surface area (Å²) in [5.74, 6) is 2.70. The van der Waals surface area contributed by atoms with Gasteiger partial charge in [-0.05, 0) is 45.4 Å². The lowest BCUT2D eigenvalue weighted by Crippen LogP contribution is -2.44. The van der Waals surface area contributed by atoms with Crippen LogP contribution in [0.1, 0.15) is 30.4 Å². The van der Waals surface area contributed by atoms with E-state index in [-0.39, 0.29) is 35.8 Å². The van der Waals surface area contributed by atoms with Gasteiger partial charge in [-0.15, -0.1) is 24.0 Å². The normalized spacial score (nSPS) is 17.0. The van der Waals surface area contributed by atoms with Gasteiger partial charge in [-0.3, -0.25) is 0 Å². The molecule has 0 spiro atoms. The number of nitrogens with one attached hydrogen (secondary N) is 2. The second-order valence-electron chi connectivity index (χ2n) is 6.52. The van der Waals surface area contributed by atoms with Crippen LogP contribution >= 0.6 is 24.0 Å². The second kappa shape index (κ2) is 9.91. The minimum atomic E-state index is -0.278. The Kier molecular flexibility index (Phi) is 7.88. The fraction of sp³-hybridized carbons (Fsp3) is 0.474. The Morgan fingerprint density at radius 3 is 2.93 bits per heavy atom. The summed E-state index contributed by atoms with van der Waals surface area (Å²) in [6.07, 6.45) is 2.53. The number of pyridine rings is 1. The number of hydrogen-bond donors (Lipinski definition) is 2. The Morgan fingerprint density at radius 1 is 1.44 bits per heavy atom. The standard InChI is InChI=1S/C19H26FN5O.HI/c1-4-21-19(23-11-15-10-13(2)26-14(15)3)24-16-7-9-25(12-16)18-17(20)6-5-8-22-18;/h5-6,8,10,16H,4,7,9,11-12H2,1-3H3,(H2,21,23,24);1H. The molecule has 148 valence electrons. The Bertz CT molecular complexity index is 779. The van der Waals surface area contributed by atoms with E-state index in [0.29, 0.717) is 18.9 Å². The molecule has 8 heteroatoms. The molecule has 1 fully saturated rings. The van der Waals surface area contributed by atoms with Gasteiger partial charge < -0.3 is 20.0 Å². The van der Waals surface area contributed by atoms with Gasteiger partial charge in [0, 0.05) is 37.4 Å². The van der Waals surface area contributed by atoms with Crippen molar-refractivity contribution in [3.8, 4) is 0 Å². The number of halogens is 2. The van der Waals surface area contributed by atoms with Crippen molar-refractivity contribution in [1.29, 1.82) is 0 Å². The lowest BCUT2D eigenvalue weighted by Gasteiger charge is -2.19. The number of anilines is 1. The zero-order valence-electron chi connectivity index (χ0n) is 16.0. The van der Waals surface area contributed by atoms with Crippen LogP contribution in [0, 0.1) is 19.7 Å². The van der Waals surface area contributed by atoms with Gasteiger partial charge in [0.1, 0.15) is 11.5 Å². The number of furan rings is 1. The van der Waals surface area contributed by atoms with Crippen LogP contribution in [0.4, 0.5) is 10.2 Å². The van der Waals surface area contributed by atoms with Gasteiger partial charge in [-0.1, -0.05) is 0 Å². The number of aryl methyl sites for hydroxylation is 2. The van der Waals surface area contributed by atoms with Crippen LogP contribution in [-0.2, 0) is 6.54 Å². The van der Waals surface area contributed by atoms with Crippen LogP contribution in [0.5, 0.6) is 0 Å². The summed E-state index contributed by atoms with van der Waals surface area (Å²) in [6.45, 7) is 8.73. The first kappa shape index (κ1) is 21.5. The van der Waals surface area contributed by atoms with Crippen LogP contribution in [0.2, 0.25) is 0 Å². The van der Waals surface area contributed by atoms with E-state index in [1.165, 1.54) is 6.07 Å². The Morgan fingerprint density at radius 2 is 2.26 bits per heavy atom. The molecule has 1 aliphatic rings. The van der Waals surface area contributed by atoms with Gasteiger partial charge in [0.15, 0.2) is 17.6 Å². The van der Waals surface area contributed by atoms with Crippen molar-refractivity contribution >= 4 is 35.8 Å². The molecule has 6 nitrogen and oxygen atoms in total. The van der Waals surface area contributed by atoms with Crippen LogP contribution in [0.25, 0.3) is 0 Å². The molecule has 2 aromatic heterocycles. The van der Waals surface area contributed by atoms with Gasteiger partial charge in [0.2, 0.25) is 0 Å². The van der Waals surface area contributed by atoms with E-state index >= 15 is 0 Å². The molecule has 3 rings (SSSR count). The summed E-state index contributed by atoms with van der Waals surface area (Å²) in [5, 5.41) is 6.72. The maximum Gasteiger partial charge on any atom is 0.191 e. The summed E-state index contributed by atoms with van der Waals surface area (Å²) >= 11 is 0. The van der Waals surface area contributed by atoms with E-state index in [2.05, 4.69) is 20.6 Å². The molecule has 27 heavy (non-hydrogen) atoms. The van der Waals surface area contributed by atoms with E-state index in [1.807, 2.05) is 31.7 Å².